The third-order valence-corrected chi connectivity index (χ3v) is 2.24. The van der Waals surface area contributed by atoms with E-state index in [-0.39, 0.29) is 11.9 Å². The molecule has 0 heterocycles. The summed E-state index contributed by atoms with van der Waals surface area (Å²) in [7, 11) is 1.68. The van der Waals surface area contributed by atoms with E-state index in [1.807, 2.05) is 0 Å². The van der Waals surface area contributed by atoms with Gasteiger partial charge in [-0.3, -0.25) is 4.79 Å². The minimum atomic E-state index is -0.00994. The van der Waals surface area contributed by atoms with Crippen molar-refractivity contribution in [3.05, 3.63) is 0 Å². The van der Waals surface area contributed by atoms with Crippen LogP contribution in [0, 0.1) is 11.8 Å². The number of hydrogen-bond acceptors (Lipinski definition) is 3. The molecule has 0 aromatic carbocycles. The highest BCUT2D eigenvalue weighted by Gasteiger charge is 2.31. The number of carbonyl (C=O) groups excluding carboxylic acids is 1. The third kappa shape index (κ3) is 4.27. The van der Waals surface area contributed by atoms with E-state index in [1.165, 1.54) is 0 Å². The van der Waals surface area contributed by atoms with E-state index < -0.39 is 0 Å². The summed E-state index contributed by atoms with van der Waals surface area (Å²) in [5.41, 5.74) is 0. The zero-order valence-corrected chi connectivity index (χ0v) is 8.41. The Morgan fingerprint density at radius 3 is 2.77 bits per heavy atom. The van der Waals surface area contributed by atoms with Crippen molar-refractivity contribution < 1.29 is 14.3 Å². The largest absolute Gasteiger partial charge is 0.465 e. The van der Waals surface area contributed by atoms with Gasteiger partial charge in [0.05, 0.1) is 12.5 Å². The Hall–Kier alpha value is -0.570. The summed E-state index contributed by atoms with van der Waals surface area (Å²) < 4.78 is 10.1. The third-order valence-electron chi connectivity index (χ3n) is 2.24. The van der Waals surface area contributed by atoms with Gasteiger partial charge < -0.3 is 9.47 Å². The van der Waals surface area contributed by atoms with Crippen molar-refractivity contribution in [1.82, 2.24) is 0 Å². The van der Waals surface area contributed by atoms with Crippen molar-refractivity contribution >= 4 is 5.97 Å². The molecule has 1 saturated carbocycles. The van der Waals surface area contributed by atoms with Crippen LogP contribution in [0.2, 0.25) is 0 Å². The molecule has 0 aliphatic heterocycles. The molecule has 1 aliphatic rings. The van der Waals surface area contributed by atoms with Crippen molar-refractivity contribution in [1.29, 1.82) is 0 Å². The number of methoxy groups -OCH3 is 1. The maximum absolute atomic E-state index is 11.1. The molecule has 0 amide bonds. The molecule has 13 heavy (non-hydrogen) atoms. The van der Waals surface area contributed by atoms with E-state index in [0.717, 1.165) is 25.9 Å². The zero-order chi connectivity index (χ0) is 9.68. The van der Waals surface area contributed by atoms with Gasteiger partial charge in [-0.25, -0.2) is 0 Å². The van der Waals surface area contributed by atoms with Crippen LogP contribution in [0.1, 0.15) is 26.2 Å². The predicted molar refractivity (Wildman–Crippen MR) is 49.3 cm³/mol. The van der Waals surface area contributed by atoms with Gasteiger partial charge >= 0.3 is 5.97 Å². The van der Waals surface area contributed by atoms with Gasteiger partial charge in [0.25, 0.3) is 0 Å². The molecule has 3 nitrogen and oxygen atoms in total. The highest BCUT2D eigenvalue weighted by atomic mass is 16.5. The standard InChI is InChI=1S/C10H18O3/c1-8(5-6-12-2)7-13-10(11)9-3-4-9/h8-9H,3-7H2,1-2H3. The molecule has 0 aromatic heterocycles. The Labute approximate surface area is 79.4 Å². The maximum Gasteiger partial charge on any atom is 0.308 e. The van der Waals surface area contributed by atoms with Crippen LogP contribution in [0.4, 0.5) is 0 Å². The Kier molecular flexibility index (Phi) is 4.22. The number of ether oxygens (including phenoxy) is 2. The number of hydrogen-bond donors (Lipinski definition) is 0. The molecule has 0 aromatic rings. The molecular formula is C10H18O3. The van der Waals surface area contributed by atoms with E-state index in [9.17, 15) is 4.79 Å². The lowest BCUT2D eigenvalue weighted by Crippen LogP contribution is -2.14. The fraction of sp³-hybridized carbons (Fsp3) is 0.900. The van der Waals surface area contributed by atoms with E-state index in [1.54, 1.807) is 7.11 Å². The zero-order valence-electron chi connectivity index (χ0n) is 8.41. The molecular weight excluding hydrogens is 168 g/mol. The number of esters is 1. The predicted octanol–water partition coefficient (Wildman–Crippen LogP) is 1.61. The molecule has 1 rings (SSSR count). The molecule has 0 bridgehead atoms. The summed E-state index contributed by atoms with van der Waals surface area (Å²) in [6, 6.07) is 0. The van der Waals surface area contributed by atoms with Gasteiger partial charge in [0.15, 0.2) is 0 Å². The van der Waals surface area contributed by atoms with Crippen LogP contribution in [-0.2, 0) is 14.3 Å². The molecule has 0 spiro atoms. The topological polar surface area (TPSA) is 35.5 Å². The molecule has 0 N–H and O–H groups in total. The van der Waals surface area contributed by atoms with Crippen LogP contribution in [0.5, 0.6) is 0 Å². The fourth-order valence-corrected chi connectivity index (χ4v) is 1.06. The second kappa shape index (κ2) is 5.22. The highest BCUT2D eigenvalue weighted by Crippen LogP contribution is 2.30. The fourth-order valence-electron chi connectivity index (χ4n) is 1.06. The SMILES string of the molecule is COCCC(C)COC(=O)C1CC1. The van der Waals surface area contributed by atoms with Crippen LogP contribution in [-0.4, -0.2) is 26.3 Å². The van der Waals surface area contributed by atoms with Crippen LogP contribution in [0.3, 0.4) is 0 Å². The average Bonchev–Trinajstić information content (AvgIpc) is 2.93. The molecule has 3 heteroatoms. The van der Waals surface area contributed by atoms with Gasteiger partial charge in [-0.1, -0.05) is 6.92 Å². The number of carbonyl (C=O) groups is 1. The van der Waals surface area contributed by atoms with Gasteiger partial charge in [0, 0.05) is 13.7 Å². The minimum Gasteiger partial charge on any atom is -0.465 e. The maximum atomic E-state index is 11.1. The lowest BCUT2D eigenvalue weighted by Gasteiger charge is -2.10. The first-order valence-electron chi connectivity index (χ1n) is 4.89. The molecule has 1 unspecified atom stereocenters. The van der Waals surface area contributed by atoms with Crippen LogP contribution >= 0.6 is 0 Å². The first kappa shape index (κ1) is 10.5. The van der Waals surface area contributed by atoms with Gasteiger partial charge in [-0.2, -0.15) is 0 Å². The monoisotopic (exact) mass is 186 g/mol. The lowest BCUT2D eigenvalue weighted by atomic mass is 10.1. The smallest absolute Gasteiger partial charge is 0.308 e. The summed E-state index contributed by atoms with van der Waals surface area (Å²) >= 11 is 0. The Morgan fingerprint density at radius 1 is 1.54 bits per heavy atom. The van der Waals surface area contributed by atoms with E-state index in [4.69, 9.17) is 9.47 Å². The molecule has 0 saturated heterocycles. The molecule has 1 fully saturated rings. The first-order valence-corrected chi connectivity index (χ1v) is 4.89. The summed E-state index contributed by atoms with van der Waals surface area (Å²) in [6.07, 6.45) is 2.99. The van der Waals surface area contributed by atoms with Crippen LogP contribution in [0.15, 0.2) is 0 Å². The quantitative estimate of drug-likeness (QED) is 0.591. The highest BCUT2D eigenvalue weighted by molar-refractivity contribution is 5.74. The molecule has 0 radical (unpaired) electrons. The van der Waals surface area contributed by atoms with Gasteiger partial charge in [-0.15, -0.1) is 0 Å². The Morgan fingerprint density at radius 2 is 2.23 bits per heavy atom. The summed E-state index contributed by atoms with van der Waals surface area (Å²) in [5.74, 6) is 0.613. The van der Waals surface area contributed by atoms with Crippen LogP contribution < -0.4 is 0 Å². The van der Waals surface area contributed by atoms with Gasteiger partial charge in [-0.05, 0) is 25.2 Å². The molecule has 1 atom stereocenters. The second-order valence-electron chi connectivity index (χ2n) is 3.79. The van der Waals surface area contributed by atoms with E-state index in [2.05, 4.69) is 6.92 Å². The van der Waals surface area contributed by atoms with Crippen molar-refractivity contribution in [2.45, 2.75) is 26.2 Å². The Bertz CT molecular complexity index is 164. The van der Waals surface area contributed by atoms with Crippen molar-refractivity contribution in [3.63, 3.8) is 0 Å². The summed E-state index contributed by atoms with van der Waals surface area (Å²) in [5, 5.41) is 0. The van der Waals surface area contributed by atoms with Gasteiger partial charge in [0.2, 0.25) is 0 Å². The summed E-state index contributed by atoms with van der Waals surface area (Å²) in [6.45, 7) is 3.35. The van der Waals surface area contributed by atoms with E-state index in [0.29, 0.717) is 12.5 Å². The average molecular weight is 186 g/mol. The Balaban J connectivity index is 1.99. The second-order valence-corrected chi connectivity index (χ2v) is 3.79. The normalized spacial score (nSPS) is 18.3. The molecule has 1 aliphatic carbocycles. The summed E-state index contributed by atoms with van der Waals surface area (Å²) in [4.78, 5) is 11.1. The molecule has 76 valence electrons. The van der Waals surface area contributed by atoms with Crippen molar-refractivity contribution in [2.75, 3.05) is 20.3 Å². The minimum absolute atomic E-state index is 0.00994. The van der Waals surface area contributed by atoms with Crippen molar-refractivity contribution in [3.8, 4) is 0 Å². The van der Waals surface area contributed by atoms with Crippen LogP contribution in [0.25, 0.3) is 0 Å². The van der Waals surface area contributed by atoms with Crippen molar-refractivity contribution in [2.24, 2.45) is 11.8 Å². The lowest BCUT2D eigenvalue weighted by molar-refractivity contribution is -0.146. The first-order chi connectivity index (χ1) is 6.24. The van der Waals surface area contributed by atoms with Gasteiger partial charge in [0.1, 0.15) is 0 Å². The number of rotatable bonds is 6. The van der Waals surface area contributed by atoms with E-state index >= 15 is 0 Å².